The smallest absolute Gasteiger partial charge is 0.119 e. The Labute approximate surface area is 51.7 Å². The predicted molar refractivity (Wildman–Crippen MR) is 34.4 cm³/mol. The van der Waals surface area contributed by atoms with Crippen molar-refractivity contribution in [2.75, 3.05) is 0 Å². The summed E-state index contributed by atoms with van der Waals surface area (Å²) in [7, 11) is 0. The Morgan fingerprint density at radius 3 is 2.25 bits per heavy atom. The van der Waals surface area contributed by atoms with Gasteiger partial charge in [0.05, 0.1) is 0 Å². The Morgan fingerprint density at radius 1 is 1.25 bits per heavy atom. The molecule has 1 fully saturated rings. The molecule has 0 aromatic carbocycles. The normalized spacial score (nSPS) is 41.4. The number of rotatable bonds is 1. The van der Waals surface area contributed by atoms with E-state index in [4.69, 9.17) is 7.15 Å². The maximum atomic E-state index is 6.90. The molecule has 2 atom stereocenters. The van der Waals surface area contributed by atoms with E-state index in [1.165, 1.54) is 12.8 Å². The molecule has 0 aromatic heterocycles. The van der Waals surface area contributed by atoms with Crippen LogP contribution in [0.15, 0.2) is 0 Å². The zero-order chi connectivity index (χ0) is 6.69. The van der Waals surface area contributed by atoms with Crippen molar-refractivity contribution in [1.82, 2.24) is 0 Å². The predicted octanol–water partition coefficient (Wildman–Crippen LogP) is 0.215. The molecule has 1 saturated carbocycles. The Hall–Kier alpha value is -0.0800. The maximum Gasteiger partial charge on any atom is 0.119 e. The summed E-state index contributed by atoms with van der Waals surface area (Å²) in [5.41, 5.74) is 8.19. The van der Waals surface area contributed by atoms with Gasteiger partial charge < -0.3 is 11.5 Å². The first kappa shape index (κ1) is 4.77. The first-order valence-electron chi connectivity index (χ1n) is 3.77. The second kappa shape index (κ2) is 2.46. The average molecular weight is 115 g/mol. The minimum Gasteiger partial charge on any atom is -0.326 e. The highest BCUT2D eigenvalue weighted by Crippen LogP contribution is 2.14. The quantitative estimate of drug-likeness (QED) is 0.513. The molecular formula is C6H14N2. The van der Waals surface area contributed by atoms with E-state index in [9.17, 15) is 0 Å². The van der Waals surface area contributed by atoms with Crippen LogP contribution in [0.25, 0.3) is 0 Å². The van der Waals surface area contributed by atoms with Crippen LogP contribution in [0.2, 0.25) is 1.41 Å². The van der Waals surface area contributed by atoms with E-state index in [1.54, 1.807) is 0 Å². The van der Waals surface area contributed by atoms with E-state index >= 15 is 0 Å². The molecule has 1 aliphatic carbocycles. The van der Waals surface area contributed by atoms with Crippen molar-refractivity contribution < 1.29 is 1.41 Å². The molecule has 2 nitrogen and oxygen atoms in total. The molecule has 8 heavy (non-hydrogen) atoms. The minimum absolute atomic E-state index is 0.219. The third-order valence-corrected chi connectivity index (χ3v) is 1.82. The van der Waals surface area contributed by atoms with Gasteiger partial charge in [0.1, 0.15) is 1.41 Å². The van der Waals surface area contributed by atoms with Crippen molar-refractivity contribution in [3.05, 3.63) is 0 Å². The van der Waals surface area contributed by atoms with Crippen LogP contribution in [0, 0.1) is 0 Å². The SMILES string of the molecule is [2H]NC1CCCC[C@@H]1N. The second-order valence-electron chi connectivity index (χ2n) is 2.55. The molecule has 4 N–H and O–H groups in total. The fourth-order valence-corrected chi connectivity index (χ4v) is 1.16. The molecule has 2 heteroatoms. The van der Waals surface area contributed by atoms with Gasteiger partial charge in [-0.3, -0.25) is 0 Å². The number of hydrogen-bond acceptors (Lipinski definition) is 2. The molecule has 0 radical (unpaired) electrons. The van der Waals surface area contributed by atoms with Crippen LogP contribution in [0.3, 0.4) is 0 Å². The zero-order valence-corrected chi connectivity index (χ0v) is 5.06. The summed E-state index contributed by atoms with van der Waals surface area (Å²) in [6.07, 6.45) is 4.62. The Morgan fingerprint density at radius 2 is 1.88 bits per heavy atom. The summed E-state index contributed by atoms with van der Waals surface area (Å²) in [5, 5.41) is 0. The highest BCUT2D eigenvalue weighted by molar-refractivity contribution is 4.79. The summed E-state index contributed by atoms with van der Waals surface area (Å²) < 4.78 is 6.90. The third-order valence-electron chi connectivity index (χ3n) is 1.82. The largest absolute Gasteiger partial charge is 0.326 e. The van der Waals surface area contributed by atoms with Crippen molar-refractivity contribution in [2.24, 2.45) is 11.5 Å². The van der Waals surface area contributed by atoms with E-state index in [-0.39, 0.29) is 12.1 Å². The van der Waals surface area contributed by atoms with Crippen LogP contribution in [0.1, 0.15) is 25.7 Å². The van der Waals surface area contributed by atoms with Gasteiger partial charge in [-0.1, -0.05) is 12.8 Å². The van der Waals surface area contributed by atoms with Crippen LogP contribution < -0.4 is 11.5 Å². The third kappa shape index (κ3) is 1.20. The van der Waals surface area contributed by atoms with Gasteiger partial charge in [0.15, 0.2) is 0 Å². The topological polar surface area (TPSA) is 52.0 Å². The minimum atomic E-state index is 0.219. The summed E-state index contributed by atoms with van der Waals surface area (Å²) in [4.78, 5) is 0. The van der Waals surface area contributed by atoms with Crippen molar-refractivity contribution in [3.63, 3.8) is 0 Å². The van der Waals surface area contributed by atoms with Gasteiger partial charge in [0.2, 0.25) is 0 Å². The van der Waals surface area contributed by atoms with Gasteiger partial charge >= 0.3 is 0 Å². The Balaban J connectivity index is 2.30. The summed E-state index contributed by atoms with van der Waals surface area (Å²) in [6.45, 7) is 0. The monoisotopic (exact) mass is 115 g/mol. The van der Waals surface area contributed by atoms with Crippen molar-refractivity contribution in [2.45, 2.75) is 37.8 Å². The van der Waals surface area contributed by atoms with E-state index in [2.05, 4.69) is 5.73 Å². The van der Waals surface area contributed by atoms with Gasteiger partial charge in [-0.15, -0.1) is 0 Å². The Bertz CT molecular complexity index is 87.1. The van der Waals surface area contributed by atoms with Crippen molar-refractivity contribution in [1.29, 1.82) is 0 Å². The summed E-state index contributed by atoms with van der Waals surface area (Å²) >= 11 is 0. The molecule has 1 unspecified atom stereocenters. The fraction of sp³-hybridized carbons (Fsp3) is 1.00. The number of hydrogen-bond donors (Lipinski definition) is 2. The van der Waals surface area contributed by atoms with Gasteiger partial charge in [0, 0.05) is 12.1 Å². The summed E-state index contributed by atoms with van der Waals surface area (Å²) in [6, 6.07) is 0.468. The summed E-state index contributed by atoms with van der Waals surface area (Å²) in [5.74, 6) is 0. The molecule has 48 valence electrons. The van der Waals surface area contributed by atoms with Crippen LogP contribution in [0.4, 0.5) is 0 Å². The molecule has 0 aromatic rings. The lowest BCUT2D eigenvalue weighted by Crippen LogP contribution is -2.43. The van der Waals surface area contributed by atoms with Crippen LogP contribution in [0.5, 0.6) is 0 Å². The molecule has 0 bridgehead atoms. The second-order valence-corrected chi connectivity index (χ2v) is 2.55. The first-order valence-corrected chi connectivity index (χ1v) is 3.27. The lowest BCUT2D eigenvalue weighted by Gasteiger charge is -2.24. The maximum absolute atomic E-state index is 6.90. The molecule has 0 saturated heterocycles. The van der Waals surface area contributed by atoms with E-state index < -0.39 is 0 Å². The fourth-order valence-electron chi connectivity index (χ4n) is 1.16. The highest BCUT2D eigenvalue weighted by Gasteiger charge is 2.16. The highest BCUT2D eigenvalue weighted by atomic mass is 14.8. The standard InChI is InChI=1S/C6H14N2/c7-5-3-1-2-4-6(5)8/h5-6H,1-4,7-8H2/t5-,6?/m0/s1/i/hD. The van der Waals surface area contributed by atoms with Gasteiger partial charge in [-0.25, -0.2) is 0 Å². The van der Waals surface area contributed by atoms with Gasteiger partial charge in [-0.05, 0) is 12.8 Å². The lowest BCUT2D eigenvalue weighted by molar-refractivity contribution is 0.385. The lowest BCUT2D eigenvalue weighted by atomic mass is 9.92. The molecular weight excluding hydrogens is 100 g/mol. The van der Waals surface area contributed by atoms with Crippen molar-refractivity contribution >= 4 is 0 Å². The van der Waals surface area contributed by atoms with Crippen LogP contribution in [-0.4, -0.2) is 12.1 Å². The van der Waals surface area contributed by atoms with E-state index in [0.29, 0.717) is 0 Å². The van der Waals surface area contributed by atoms with Gasteiger partial charge in [0.25, 0.3) is 0 Å². The van der Waals surface area contributed by atoms with E-state index in [1.807, 2.05) is 0 Å². The molecule has 1 aliphatic rings. The van der Waals surface area contributed by atoms with Crippen LogP contribution >= 0.6 is 0 Å². The van der Waals surface area contributed by atoms with Gasteiger partial charge in [-0.2, -0.15) is 0 Å². The average Bonchev–Trinajstić information content (AvgIpc) is 1.89. The number of nitrogens with two attached hydrogens (primary N) is 2. The molecule has 0 aliphatic heterocycles. The Kier molecular flexibility index (Phi) is 1.47. The van der Waals surface area contributed by atoms with Crippen molar-refractivity contribution in [3.8, 4) is 0 Å². The zero-order valence-electron chi connectivity index (χ0n) is 6.06. The van der Waals surface area contributed by atoms with E-state index in [0.717, 1.165) is 12.8 Å². The first-order chi connectivity index (χ1) is 4.34. The molecule has 0 heterocycles. The molecule has 0 spiro atoms. The molecule has 1 rings (SSSR count). The molecule has 0 amide bonds. The van der Waals surface area contributed by atoms with Crippen LogP contribution in [-0.2, 0) is 0 Å².